The minimum absolute atomic E-state index is 0.226. The van der Waals surface area contributed by atoms with E-state index in [0.29, 0.717) is 46.1 Å². The number of amides is 1. The summed E-state index contributed by atoms with van der Waals surface area (Å²) < 4.78 is 11.3. The number of carbonyl (C=O) groups is 1. The van der Waals surface area contributed by atoms with Crippen LogP contribution < -0.4 is 20.3 Å². The number of rotatable bonds is 9. The first-order valence-corrected chi connectivity index (χ1v) is 10.3. The number of aromatic amines is 1. The first kappa shape index (κ1) is 22.3. The number of aromatic nitrogens is 2. The van der Waals surface area contributed by atoms with Crippen LogP contribution in [-0.2, 0) is 0 Å². The van der Waals surface area contributed by atoms with E-state index >= 15 is 0 Å². The lowest BCUT2D eigenvalue weighted by atomic mass is 10.1. The molecule has 1 heterocycles. The van der Waals surface area contributed by atoms with Crippen molar-refractivity contribution >= 4 is 22.5 Å². The number of H-pyrrole nitrogens is 1. The van der Waals surface area contributed by atoms with Crippen LogP contribution in [0.2, 0.25) is 0 Å². The molecule has 0 spiro atoms. The summed E-state index contributed by atoms with van der Waals surface area (Å²) >= 11 is 0. The molecule has 0 aliphatic carbocycles. The van der Waals surface area contributed by atoms with Crippen molar-refractivity contribution in [1.82, 2.24) is 14.9 Å². The second kappa shape index (κ2) is 10.1. The van der Waals surface area contributed by atoms with Crippen LogP contribution in [0.5, 0.6) is 11.5 Å². The highest BCUT2D eigenvalue weighted by Crippen LogP contribution is 2.30. The molecule has 3 aromatic rings. The molecule has 0 radical (unpaired) electrons. The Morgan fingerprint density at radius 1 is 1.13 bits per heavy atom. The van der Waals surface area contributed by atoms with Crippen molar-refractivity contribution in [2.75, 3.05) is 38.7 Å². The standard InChI is InChI=1S/C23H28N4O4/c1-5-27(6-2)11-12-31-21-14-17(8-10-20(21)30-4)26-22(28)16-7-9-18-19(13-16)24-15(3)25-23(18)29/h7-10,13-14H,5-6,11-12H2,1-4H3,(H,26,28)(H,24,25,29). The number of nitrogens with zero attached hydrogens (tertiary/aromatic N) is 2. The topological polar surface area (TPSA) is 96.6 Å². The zero-order chi connectivity index (χ0) is 22.4. The average molecular weight is 425 g/mol. The zero-order valence-corrected chi connectivity index (χ0v) is 18.3. The van der Waals surface area contributed by atoms with Crippen LogP contribution >= 0.6 is 0 Å². The molecule has 0 saturated carbocycles. The lowest BCUT2D eigenvalue weighted by molar-refractivity contribution is 0.102. The SMILES string of the molecule is CCN(CC)CCOc1cc(NC(=O)c2ccc3c(=O)[nH]c(C)nc3c2)ccc1OC. The molecule has 2 aromatic carbocycles. The Morgan fingerprint density at radius 3 is 2.61 bits per heavy atom. The molecule has 1 amide bonds. The molecule has 2 N–H and O–H groups in total. The van der Waals surface area contributed by atoms with Crippen LogP contribution in [0.4, 0.5) is 5.69 Å². The van der Waals surface area contributed by atoms with Crippen LogP contribution in [0.1, 0.15) is 30.0 Å². The number of likely N-dealkylation sites (N-methyl/N-ethyl adjacent to an activating group) is 1. The van der Waals surface area contributed by atoms with Crippen LogP contribution in [0.25, 0.3) is 10.9 Å². The van der Waals surface area contributed by atoms with Gasteiger partial charge in [0.25, 0.3) is 11.5 Å². The Morgan fingerprint density at radius 2 is 1.90 bits per heavy atom. The molecule has 0 aliphatic heterocycles. The van der Waals surface area contributed by atoms with Gasteiger partial charge in [0.05, 0.1) is 18.0 Å². The number of hydrogen-bond acceptors (Lipinski definition) is 6. The van der Waals surface area contributed by atoms with Gasteiger partial charge in [0.15, 0.2) is 11.5 Å². The molecular formula is C23H28N4O4. The summed E-state index contributed by atoms with van der Waals surface area (Å²) in [5, 5.41) is 3.31. The molecule has 0 unspecified atom stereocenters. The largest absolute Gasteiger partial charge is 0.493 e. The summed E-state index contributed by atoms with van der Waals surface area (Å²) in [6, 6.07) is 10.1. The number of methoxy groups -OCH3 is 1. The summed E-state index contributed by atoms with van der Waals surface area (Å²) in [5.74, 6) is 1.36. The van der Waals surface area contributed by atoms with E-state index in [2.05, 4.69) is 34.0 Å². The van der Waals surface area contributed by atoms with E-state index in [4.69, 9.17) is 9.47 Å². The van der Waals surface area contributed by atoms with Gasteiger partial charge >= 0.3 is 0 Å². The smallest absolute Gasteiger partial charge is 0.258 e. The number of hydrogen-bond donors (Lipinski definition) is 2. The lowest BCUT2D eigenvalue weighted by Gasteiger charge is -2.19. The molecule has 31 heavy (non-hydrogen) atoms. The molecule has 8 nitrogen and oxygen atoms in total. The summed E-state index contributed by atoms with van der Waals surface area (Å²) in [6.07, 6.45) is 0. The number of nitrogens with one attached hydrogen (secondary N) is 2. The molecular weight excluding hydrogens is 396 g/mol. The first-order valence-electron chi connectivity index (χ1n) is 10.3. The Labute approximate surface area is 181 Å². The average Bonchev–Trinajstić information content (AvgIpc) is 2.76. The lowest BCUT2D eigenvalue weighted by Crippen LogP contribution is -2.28. The van der Waals surface area contributed by atoms with E-state index in [9.17, 15) is 9.59 Å². The minimum atomic E-state index is -0.305. The van der Waals surface area contributed by atoms with Gasteiger partial charge in [-0.05, 0) is 50.3 Å². The van der Waals surface area contributed by atoms with Gasteiger partial charge in [-0.2, -0.15) is 0 Å². The fourth-order valence-corrected chi connectivity index (χ4v) is 3.29. The molecule has 3 rings (SSSR count). The zero-order valence-electron chi connectivity index (χ0n) is 18.3. The van der Waals surface area contributed by atoms with Gasteiger partial charge in [-0.1, -0.05) is 13.8 Å². The highest BCUT2D eigenvalue weighted by Gasteiger charge is 2.12. The van der Waals surface area contributed by atoms with Gasteiger partial charge in [-0.25, -0.2) is 4.98 Å². The summed E-state index contributed by atoms with van der Waals surface area (Å²) in [7, 11) is 1.58. The molecule has 0 atom stereocenters. The van der Waals surface area contributed by atoms with Crippen LogP contribution in [0.3, 0.4) is 0 Å². The second-order valence-electron chi connectivity index (χ2n) is 7.08. The van der Waals surface area contributed by atoms with E-state index in [1.807, 2.05) is 0 Å². The van der Waals surface area contributed by atoms with Crippen molar-refractivity contribution in [3.63, 3.8) is 0 Å². The van der Waals surface area contributed by atoms with Gasteiger partial charge in [0.1, 0.15) is 12.4 Å². The number of anilines is 1. The summed E-state index contributed by atoms with van der Waals surface area (Å²) in [5.41, 5.74) is 1.24. The van der Waals surface area contributed by atoms with E-state index in [0.717, 1.165) is 19.6 Å². The van der Waals surface area contributed by atoms with E-state index in [1.54, 1.807) is 50.4 Å². The first-order chi connectivity index (χ1) is 14.9. The molecule has 164 valence electrons. The fourth-order valence-electron chi connectivity index (χ4n) is 3.29. The van der Waals surface area contributed by atoms with Gasteiger partial charge in [0, 0.05) is 23.9 Å². The van der Waals surface area contributed by atoms with Crippen molar-refractivity contribution < 1.29 is 14.3 Å². The minimum Gasteiger partial charge on any atom is -0.493 e. The number of carbonyl (C=O) groups excluding carboxylic acids is 1. The fraction of sp³-hybridized carbons (Fsp3) is 0.348. The van der Waals surface area contributed by atoms with E-state index < -0.39 is 0 Å². The summed E-state index contributed by atoms with van der Waals surface area (Å²) in [6.45, 7) is 9.15. The molecule has 0 aliphatic rings. The summed E-state index contributed by atoms with van der Waals surface area (Å²) in [4.78, 5) is 34.0. The maximum Gasteiger partial charge on any atom is 0.258 e. The van der Waals surface area contributed by atoms with Gasteiger partial charge in [-0.15, -0.1) is 0 Å². The van der Waals surface area contributed by atoms with Gasteiger partial charge in [0.2, 0.25) is 0 Å². The van der Waals surface area contributed by atoms with Crippen molar-refractivity contribution in [1.29, 1.82) is 0 Å². The van der Waals surface area contributed by atoms with Crippen molar-refractivity contribution in [3.8, 4) is 11.5 Å². The highest BCUT2D eigenvalue weighted by molar-refractivity contribution is 6.06. The van der Waals surface area contributed by atoms with Crippen molar-refractivity contribution in [3.05, 3.63) is 58.1 Å². The maximum atomic E-state index is 12.8. The highest BCUT2D eigenvalue weighted by atomic mass is 16.5. The number of fused-ring (bicyclic) bond motifs is 1. The Kier molecular flexibility index (Phi) is 7.25. The quantitative estimate of drug-likeness (QED) is 0.548. The monoisotopic (exact) mass is 424 g/mol. The van der Waals surface area contributed by atoms with Crippen molar-refractivity contribution in [2.45, 2.75) is 20.8 Å². The number of benzene rings is 2. The van der Waals surface area contributed by atoms with E-state index in [-0.39, 0.29) is 11.5 Å². The normalized spacial score (nSPS) is 11.0. The molecule has 0 fully saturated rings. The number of aryl methyl sites for hydroxylation is 1. The predicted octanol–water partition coefficient (Wildman–Crippen LogP) is 3.21. The second-order valence-corrected chi connectivity index (χ2v) is 7.08. The van der Waals surface area contributed by atoms with E-state index in [1.165, 1.54) is 0 Å². The van der Waals surface area contributed by atoms with Crippen LogP contribution in [0.15, 0.2) is 41.2 Å². The molecule has 0 bridgehead atoms. The molecule has 1 aromatic heterocycles. The molecule has 8 heteroatoms. The van der Waals surface area contributed by atoms with Crippen LogP contribution in [-0.4, -0.2) is 54.1 Å². The third kappa shape index (κ3) is 5.40. The van der Waals surface area contributed by atoms with Gasteiger partial charge in [-0.3, -0.25) is 9.59 Å². The predicted molar refractivity (Wildman–Crippen MR) is 121 cm³/mol. The third-order valence-corrected chi connectivity index (χ3v) is 5.07. The molecule has 0 saturated heterocycles. The van der Waals surface area contributed by atoms with Crippen LogP contribution in [0, 0.1) is 6.92 Å². The Bertz CT molecular complexity index is 1120. The van der Waals surface area contributed by atoms with Gasteiger partial charge < -0.3 is 24.7 Å². The number of ether oxygens (including phenoxy) is 2. The Hall–Kier alpha value is -3.39. The third-order valence-electron chi connectivity index (χ3n) is 5.07. The van der Waals surface area contributed by atoms with Crippen molar-refractivity contribution in [2.24, 2.45) is 0 Å². The Balaban J connectivity index is 1.76. The maximum absolute atomic E-state index is 12.8.